The molecule has 1 N–H and O–H groups in total. The zero-order chi connectivity index (χ0) is 11.4. The van der Waals surface area contributed by atoms with Crippen molar-refractivity contribution in [2.75, 3.05) is 19.7 Å². The molecule has 0 amide bonds. The van der Waals surface area contributed by atoms with Crippen molar-refractivity contribution in [2.45, 2.75) is 39.3 Å². The van der Waals surface area contributed by atoms with Gasteiger partial charge in [0, 0.05) is 18.8 Å². The number of aryl methyl sites for hydroxylation is 2. The van der Waals surface area contributed by atoms with Crippen LogP contribution in [0.25, 0.3) is 0 Å². The quantitative estimate of drug-likeness (QED) is 0.827. The summed E-state index contributed by atoms with van der Waals surface area (Å²) in [5.74, 6) is 0. The van der Waals surface area contributed by atoms with Gasteiger partial charge in [0.05, 0.1) is 24.9 Å². The Kier molecular flexibility index (Phi) is 3.96. The van der Waals surface area contributed by atoms with Crippen molar-refractivity contribution in [3.8, 4) is 0 Å². The molecule has 1 atom stereocenters. The maximum atomic E-state index is 5.70. The van der Waals surface area contributed by atoms with Gasteiger partial charge in [-0.1, -0.05) is 13.8 Å². The van der Waals surface area contributed by atoms with Gasteiger partial charge in [-0.3, -0.25) is 4.68 Å². The van der Waals surface area contributed by atoms with E-state index in [1.807, 2.05) is 0 Å². The molecule has 0 bridgehead atoms. The number of morpholine rings is 1. The number of nitrogens with zero attached hydrogens (tertiary/aromatic N) is 2. The molecule has 0 saturated carbocycles. The van der Waals surface area contributed by atoms with Gasteiger partial charge in [-0.15, -0.1) is 0 Å². The van der Waals surface area contributed by atoms with Crippen LogP contribution < -0.4 is 5.32 Å². The van der Waals surface area contributed by atoms with E-state index < -0.39 is 0 Å². The highest BCUT2D eigenvalue weighted by Gasteiger charge is 2.16. The third kappa shape index (κ3) is 2.62. The molecule has 16 heavy (non-hydrogen) atoms. The first kappa shape index (κ1) is 11.6. The zero-order valence-electron chi connectivity index (χ0n) is 10.2. The third-order valence-corrected chi connectivity index (χ3v) is 3.02. The molecule has 1 aromatic rings. The van der Waals surface area contributed by atoms with Crippen molar-refractivity contribution in [1.29, 1.82) is 0 Å². The van der Waals surface area contributed by atoms with Crippen LogP contribution in [0.5, 0.6) is 0 Å². The lowest BCUT2D eigenvalue weighted by Gasteiger charge is -2.24. The zero-order valence-corrected chi connectivity index (χ0v) is 10.2. The monoisotopic (exact) mass is 223 g/mol. The number of hydrogen-bond donors (Lipinski definition) is 1. The molecule has 0 aromatic carbocycles. The summed E-state index contributed by atoms with van der Waals surface area (Å²) < 4.78 is 7.81. The van der Waals surface area contributed by atoms with Gasteiger partial charge in [0.2, 0.25) is 0 Å². The minimum Gasteiger partial charge on any atom is -0.374 e. The van der Waals surface area contributed by atoms with Crippen molar-refractivity contribution in [3.05, 3.63) is 17.5 Å². The van der Waals surface area contributed by atoms with Crippen LogP contribution in [-0.4, -0.2) is 35.6 Å². The topological polar surface area (TPSA) is 39.1 Å². The number of rotatable bonds is 4. The number of aromatic nitrogens is 2. The molecule has 1 unspecified atom stereocenters. The van der Waals surface area contributed by atoms with Crippen LogP contribution in [0.15, 0.2) is 6.07 Å². The maximum absolute atomic E-state index is 5.70. The first-order valence-electron chi connectivity index (χ1n) is 6.21. The minimum atomic E-state index is 0.267. The van der Waals surface area contributed by atoms with E-state index in [-0.39, 0.29) is 6.10 Å². The second-order valence-corrected chi connectivity index (χ2v) is 4.21. The molecule has 1 saturated heterocycles. The fourth-order valence-corrected chi connectivity index (χ4v) is 2.06. The fourth-order valence-electron chi connectivity index (χ4n) is 2.06. The standard InChI is InChI=1S/C12H21N3O/c1-3-10-7-11(4-2)15(14-10)9-12-8-13-5-6-16-12/h7,12-13H,3-6,8-9H2,1-2H3. The summed E-state index contributed by atoms with van der Waals surface area (Å²) in [6, 6.07) is 2.20. The van der Waals surface area contributed by atoms with Crippen LogP contribution in [-0.2, 0) is 24.1 Å². The molecule has 90 valence electrons. The van der Waals surface area contributed by atoms with Gasteiger partial charge in [0.25, 0.3) is 0 Å². The smallest absolute Gasteiger partial charge is 0.0895 e. The molecular weight excluding hydrogens is 202 g/mol. The Hall–Kier alpha value is -0.870. The maximum Gasteiger partial charge on any atom is 0.0895 e. The average molecular weight is 223 g/mol. The van der Waals surface area contributed by atoms with E-state index in [1.165, 1.54) is 11.4 Å². The van der Waals surface area contributed by atoms with Crippen molar-refractivity contribution in [2.24, 2.45) is 0 Å². The van der Waals surface area contributed by atoms with Gasteiger partial charge in [0.15, 0.2) is 0 Å². The van der Waals surface area contributed by atoms with Crippen LogP contribution in [0.1, 0.15) is 25.2 Å². The predicted molar refractivity (Wildman–Crippen MR) is 63.6 cm³/mol. The summed E-state index contributed by atoms with van der Waals surface area (Å²) in [6.07, 6.45) is 2.31. The van der Waals surface area contributed by atoms with E-state index in [2.05, 4.69) is 35.0 Å². The van der Waals surface area contributed by atoms with Gasteiger partial charge in [-0.2, -0.15) is 5.10 Å². The van der Waals surface area contributed by atoms with Crippen LogP contribution in [0, 0.1) is 0 Å². The summed E-state index contributed by atoms with van der Waals surface area (Å²) in [6.45, 7) is 7.91. The Balaban J connectivity index is 2.03. The molecule has 0 aliphatic carbocycles. The Labute approximate surface area is 97.0 Å². The first-order chi connectivity index (χ1) is 7.83. The van der Waals surface area contributed by atoms with Gasteiger partial charge < -0.3 is 10.1 Å². The summed E-state index contributed by atoms with van der Waals surface area (Å²) in [5, 5.41) is 7.95. The number of nitrogens with one attached hydrogen (secondary N) is 1. The van der Waals surface area contributed by atoms with E-state index in [4.69, 9.17) is 4.74 Å². The van der Waals surface area contributed by atoms with Crippen molar-refractivity contribution < 1.29 is 4.74 Å². The van der Waals surface area contributed by atoms with Crippen LogP contribution >= 0.6 is 0 Å². The number of ether oxygens (including phenoxy) is 1. The van der Waals surface area contributed by atoms with E-state index in [0.717, 1.165) is 39.1 Å². The summed E-state index contributed by atoms with van der Waals surface area (Å²) >= 11 is 0. The van der Waals surface area contributed by atoms with Crippen LogP contribution in [0.3, 0.4) is 0 Å². The highest BCUT2D eigenvalue weighted by molar-refractivity contribution is 5.10. The summed E-state index contributed by atoms with van der Waals surface area (Å²) in [7, 11) is 0. The normalized spacial score (nSPS) is 21.2. The summed E-state index contributed by atoms with van der Waals surface area (Å²) in [5.41, 5.74) is 2.49. The third-order valence-electron chi connectivity index (χ3n) is 3.02. The van der Waals surface area contributed by atoms with Gasteiger partial charge in [-0.25, -0.2) is 0 Å². The second kappa shape index (κ2) is 5.46. The minimum absolute atomic E-state index is 0.267. The van der Waals surface area contributed by atoms with Crippen LogP contribution in [0.2, 0.25) is 0 Å². The number of hydrogen-bond acceptors (Lipinski definition) is 3. The highest BCUT2D eigenvalue weighted by Crippen LogP contribution is 2.09. The van der Waals surface area contributed by atoms with E-state index in [1.54, 1.807) is 0 Å². The summed E-state index contributed by atoms with van der Waals surface area (Å²) in [4.78, 5) is 0. The molecule has 0 spiro atoms. The van der Waals surface area contributed by atoms with E-state index in [0.29, 0.717) is 0 Å². The highest BCUT2D eigenvalue weighted by atomic mass is 16.5. The lowest BCUT2D eigenvalue weighted by molar-refractivity contribution is 0.0156. The van der Waals surface area contributed by atoms with Crippen molar-refractivity contribution in [1.82, 2.24) is 15.1 Å². The molecule has 4 heteroatoms. The second-order valence-electron chi connectivity index (χ2n) is 4.21. The molecule has 0 radical (unpaired) electrons. The Morgan fingerprint density at radius 3 is 3.00 bits per heavy atom. The largest absolute Gasteiger partial charge is 0.374 e. The van der Waals surface area contributed by atoms with Gasteiger partial charge in [-0.05, 0) is 18.9 Å². The fraction of sp³-hybridized carbons (Fsp3) is 0.750. The van der Waals surface area contributed by atoms with E-state index in [9.17, 15) is 0 Å². The van der Waals surface area contributed by atoms with Gasteiger partial charge >= 0.3 is 0 Å². The Bertz CT molecular complexity index is 329. The van der Waals surface area contributed by atoms with Crippen molar-refractivity contribution >= 4 is 0 Å². The molecule has 1 aliphatic rings. The molecule has 1 fully saturated rings. The van der Waals surface area contributed by atoms with Crippen LogP contribution in [0.4, 0.5) is 0 Å². The van der Waals surface area contributed by atoms with E-state index >= 15 is 0 Å². The van der Waals surface area contributed by atoms with Crippen molar-refractivity contribution in [3.63, 3.8) is 0 Å². The molecule has 2 rings (SSSR count). The first-order valence-corrected chi connectivity index (χ1v) is 6.21. The molecule has 4 nitrogen and oxygen atoms in total. The molecular formula is C12H21N3O. The molecule has 1 aromatic heterocycles. The SMILES string of the molecule is CCc1cc(CC)n(CC2CNCCO2)n1. The Morgan fingerprint density at radius 2 is 2.38 bits per heavy atom. The van der Waals surface area contributed by atoms with Gasteiger partial charge in [0.1, 0.15) is 0 Å². The lowest BCUT2D eigenvalue weighted by atomic mass is 10.2. The lowest BCUT2D eigenvalue weighted by Crippen LogP contribution is -2.41. The predicted octanol–water partition coefficient (Wildman–Crippen LogP) is 0.996. The average Bonchev–Trinajstić information content (AvgIpc) is 2.73. The molecule has 2 heterocycles. The molecule has 1 aliphatic heterocycles. The Morgan fingerprint density at radius 1 is 1.50 bits per heavy atom.